The van der Waals surface area contributed by atoms with Crippen LogP contribution in [-0.2, 0) is 16.6 Å². The first-order valence-electron chi connectivity index (χ1n) is 7.82. The molecule has 0 amide bonds. The van der Waals surface area contributed by atoms with Crippen molar-refractivity contribution < 1.29 is 13.2 Å². The van der Waals surface area contributed by atoms with Gasteiger partial charge in [-0.1, -0.05) is 31.5 Å². The predicted molar refractivity (Wildman–Crippen MR) is 95.6 cm³/mol. The fraction of sp³-hybridized carbons (Fsp3) is 0.294. The van der Waals surface area contributed by atoms with Crippen molar-refractivity contribution in [2.75, 3.05) is 11.9 Å². The maximum absolute atomic E-state index is 12.0. The van der Waals surface area contributed by atoms with Crippen LogP contribution in [0.2, 0.25) is 0 Å². The molecule has 0 unspecified atom stereocenters. The molecule has 2 rings (SSSR count). The Morgan fingerprint density at radius 2 is 1.88 bits per heavy atom. The number of rotatable bonds is 8. The van der Waals surface area contributed by atoms with Crippen molar-refractivity contribution in [3.05, 3.63) is 48.0 Å². The third-order valence-corrected chi connectivity index (χ3v) is 4.38. The number of nitrogens with one attached hydrogen (secondary N) is 1. The predicted octanol–water partition coefficient (Wildman–Crippen LogP) is 2.80. The van der Waals surface area contributed by atoms with Gasteiger partial charge in [-0.15, -0.1) is 0 Å². The molecule has 6 nitrogen and oxygen atoms in total. The van der Waals surface area contributed by atoms with Crippen LogP contribution in [0.5, 0.6) is 11.5 Å². The van der Waals surface area contributed by atoms with E-state index in [0.717, 1.165) is 12.8 Å². The maximum atomic E-state index is 12.0. The monoisotopic (exact) mass is 349 g/mol. The number of hydrogen-bond acceptors (Lipinski definition) is 5. The second kappa shape index (κ2) is 8.14. The van der Waals surface area contributed by atoms with E-state index in [4.69, 9.17) is 15.6 Å². The standard InChI is InChI=1S/C17H23N3O3S/c1-2-3-9-20-15-10-13(12-18)11-16(24(19,21)22)17(15)23-14-7-5-4-6-8-14/h4-8,10-11,20H,2-3,9,12,18H2,1H3,(H2,19,21,22). The minimum absolute atomic E-state index is 0.0756. The second-order valence-electron chi connectivity index (χ2n) is 5.42. The van der Waals surface area contributed by atoms with E-state index < -0.39 is 10.0 Å². The van der Waals surface area contributed by atoms with Crippen molar-refractivity contribution >= 4 is 15.7 Å². The third kappa shape index (κ3) is 4.70. The highest BCUT2D eigenvalue weighted by Gasteiger charge is 2.21. The van der Waals surface area contributed by atoms with Gasteiger partial charge < -0.3 is 15.8 Å². The smallest absolute Gasteiger partial charge is 0.241 e. The Labute approximate surface area is 142 Å². The summed E-state index contributed by atoms with van der Waals surface area (Å²) in [5, 5.41) is 8.60. The summed E-state index contributed by atoms with van der Waals surface area (Å²) in [5.74, 6) is 0.721. The Morgan fingerprint density at radius 1 is 1.17 bits per heavy atom. The van der Waals surface area contributed by atoms with Crippen molar-refractivity contribution in [3.8, 4) is 11.5 Å². The van der Waals surface area contributed by atoms with Crippen molar-refractivity contribution in [1.82, 2.24) is 0 Å². The molecule has 2 aromatic rings. The highest BCUT2D eigenvalue weighted by atomic mass is 32.2. The number of unbranched alkanes of at least 4 members (excludes halogenated alkanes) is 1. The van der Waals surface area contributed by atoms with Crippen LogP contribution in [-0.4, -0.2) is 15.0 Å². The Morgan fingerprint density at radius 3 is 2.46 bits per heavy atom. The van der Waals surface area contributed by atoms with Gasteiger partial charge in [-0.3, -0.25) is 0 Å². The van der Waals surface area contributed by atoms with Gasteiger partial charge in [0.2, 0.25) is 10.0 Å². The average molecular weight is 349 g/mol. The van der Waals surface area contributed by atoms with Crippen LogP contribution in [0.3, 0.4) is 0 Å². The summed E-state index contributed by atoms with van der Waals surface area (Å²) in [6, 6.07) is 12.2. The lowest BCUT2D eigenvalue weighted by molar-refractivity contribution is 0.469. The topological polar surface area (TPSA) is 107 Å². The van der Waals surface area contributed by atoms with Gasteiger partial charge in [0.1, 0.15) is 10.6 Å². The normalized spacial score (nSPS) is 11.3. The SMILES string of the molecule is CCCCNc1cc(CN)cc(S(N)(=O)=O)c1Oc1ccccc1. The molecule has 0 aliphatic rings. The molecule has 5 N–H and O–H groups in total. The van der Waals surface area contributed by atoms with Crippen molar-refractivity contribution in [1.29, 1.82) is 0 Å². The summed E-state index contributed by atoms with van der Waals surface area (Å²) < 4.78 is 29.9. The fourth-order valence-electron chi connectivity index (χ4n) is 2.23. The highest BCUT2D eigenvalue weighted by molar-refractivity contribution is 7.89. The average Bonchev–Trinajstić information content (AvgIpc) is 2.56. The van der Waals surface area contributed by atoms with E-state index in [1.54, 1.807) is 18.2 Å². The van der Waals surface area contributed by atoms with E-state index in [1.165, 1.54) is 6.07 Å². The first kappa shape index (κ1) is 18.3. The third-order valence-electron chi connectivity index (χ3n) is 3.47. The minimum atomic E-state index is -3.96. The Bertz CT molecular complexity index is 777. The van der Waals surface area contributed by atoms with E-state index in [0.29, 0.717) is 23.5 Å². The zero-order valence-electron chi connectivity index (χ0n) is 13.7. The van der Waals surface area contributed by atoms with E-state index in [1.807, 2.05) is 18.2 Å². The molecule has 0 saturated heterocycles. The number of anilines is 1. The highest BCUT2D eigenvalue weighted by Crippen LogP contribution is 2.37. The zero-order chi connectivity index (χ0) is 17.6. The van der Waals surface area contributed by atoms with Crippen LogP contribution in [0, 0.1) is 0 Å². The molecule has 0 radical (unpaired) electrons. The minimum Gasteiger partial charge on any atom is -0.454 e. The molecule has 2 aromatic carbocycles. The lowest BCUT2D eigenvalue weighted by atomic mass is 10.1. The zero-order valence-corrected chi connectivity index (χ0v) is 14.5. The molecule has 0 atom stereocenters. The number of sulfonamides is 1. The van der Waals surface area contributed by atoms with Crippen LogP contribution in [0.25, 0.3) is 0 Å². The number of nitrogens with two attached hydrogens (primary N) is 2. The quantitative estimate of drug-likeness (QED) is 0.635. The second-order valence-corrected chi connectivity index (χ2v) is 6.95. The van der Waals surface area contributed by atoms with Crippen LogP contribution in [0.1, 0.15) is 25.3 Å². The molecule has 0 spiro atoms. The molecule has 0 heterocycles. The number of primary sulfonamides is 1. The van der Waals surface area contributed by atoms with Crippen molar-refractivity contribution in [3.63, 3.8) is 0 Å². The van der Waals surface area contributed by atoms with Gasteiger partial charge >= 0.3 is 0 Å². The maximum Gasteiger partial charge on any atom is 0.241 e. The van der Waals surface area contributed by atoms with E-state index in [9.17, 15) is 8.42 Å². The Kier molecular flexibility index (Phi) is 6.19. The van der Waals surface area contributed by atoms with Crippen LogP contribution < -0.4 is 20.9 Å². The van der Waals surface area contributed by atoms with Crippen molar-refractivity contribution in [2.24, 2.45) is 10.9 Å². The molecule has 0 aliphatic carbocycles. The first-order chi connectivity index (χ1) is 11.5. The number of ether oxygens (including phenoxy) is 1. The van der Waals surface area contributed by atoms with Gasteiger partial charge in [-0.2, -0.15) is 0 Å². The number of para-hydroxylation sites is 1. The molecule has 0 bridgehead atoms. The number of hydrogen-bond donors (Lipinski definition) is 3. The number of benzene rings is 2. The summed E-state index contributed by atoms with van der Waals surface area (Å²) in [6.07, 6.45) is 1.96. The largest absolute Gasteiger partial charge is 0.454 e. The molecule has 0 saturated carbocycles. The molecule has 0 aromatic heterocycles. The van der Waals surface area contributed by atoms with E-state index in [2.05, 4.69) is 12.2 Å². The summed E-state index contributed by atoms with van der Waals surface area (Å²) >= 11 is 0. The molecular formula is C17H23N3O3S. The summed E-state index contributed by atoms with van der Waals surface area (Å²) in [6.45, 7) is 2.98. The fourth-order valence-corrected chi connectivity index (χ4v) is 2.96. The first-order valence-corrected chi connectivity index (χ1v) is 9.37. The summed E-state index contributed by atoms with van der Waals surface area (Å²) in [5.41, 5.74) is 6.92. The Hall–Kier alpha value is -2.09. The van der Waals surface area contributed by atoms with Crippen molar-refractivity contribution in [2.45, 2.75) is 31.2 Å². The molecule has 0 fully saturated rings. The van der Waals surface area contributed by atoms with E-state index in [-0.39, 0.29) is 17.2 Å². The van der Waals surface area contributed by atoms with Crippen LogP contribution in [0.15, 0.2) is 47.4 Å². The summed E-state index contributed by atoms with van der Waals surface area (Å²) in [7, 11) is -3.96. The van der Waals surface area contributed by atoms with Gasteiger partial charge in [-0.25, -0.2) is 13.6 Å². The van der Waals surface area contributed by atoms with Gasteiger partial charge in [0, 0.05) is 13.1 Å². The lowest BCUT2D eigenvalue weighted by Crippen LogP contribution is -2.16. The molecule has 24 heavy (non-hydrogen) atoms. The van der Waals surface area contributed by atoms with Gasteiger partial charge in [0.25, 0.3) is 0 Å². The molecular weight excluding hydrogens is 326 g/mol. The van der Waals surface area contributed by atoms with Crippen LogP contribution >= 0.6 is 0 Å². The van der Waals surface area contributed by atoms with Crippen LogP contribution in [0.4, 0.5) is 5.69 Å². The molecule has 7 heteroatoms. The summed E-state index contributed by atoms with van der Waals surface area (Å²) in [4.78, 5) is -0.0756. The Balaban J connectivity index is 2.53. The van der Waals surface area contributed by atoms with Gasteiger partial charge in [-0.05, 0) is 36.2 Å². The van der Waals surface area contributed by atoms with Gasteiger partial charge in [0.15, 0.2) is 5.75 Å². The van der Waals surface area contributed by atoms with E-state index >= 15 is 0 Å². The van der Waals surface area contributed by atoms with Gasteiger partial charge in [0.05, 0.1) is 5.69 Å². The lowest BCUT2D eigenvalue weighted by Gasteiger charge is -2.17. The molecule has 130 valence electrons. The molecule has 0 aliphatic heterocycles.